The molecule has 2 aromatic heterocycles. The van der Waals surface area contributed by atoms with Crippen molar-refractivity contribution >= 4 is 21.6 Å². The van der Waals surface area contributed by atoms with Crippen molar-refractivity contribution in [1.29, 1.82) is 0 Å². The molecule has 0 bridgehead atoms. The molecule has 0 spiro atoms. The minimum atomic E-state index is -0.0300. The second-order valence-corrected chi connectivity index (χ2v) is 6.88. The number of aryl methyl sites for hydroxylation is 3. The normalized spacial score (nSPS) is 10.9. The highest BCUT2D eigenvalue weighted by Crippen LogP contribution is 2.33. The molecule has 0 saturated heterocycles. The largest absolute Gasteiger partial charge is 0.284 e. The molecule has 0 fully saturated rings. The Hall–Kier alpha value is -2.38. The molecule has 0 atom stereocenters. The van der Waals surface area contributed by atoms with E-state index in [4.69, 9.17) is 11.4 Å². The average molecular weight is 336 g/mol. The summed E-state index contributed by atoms with van der Waals surface area (Å²) in [6.45, 7) is 6.48. The van der Waals surface area contributed by atoms with Crippen LogP contribution in [-0.4, -0.2) is 9.55 Å². The fraction of sp³-hybridized carbons (Fsp3) is 0.300. The van der Waals surface area contributed by atoms with Crippen LogP contribution in [0.1, 0.15) is 30.3 Å². The molecular formula is C20H20N2OS. The van der Waals surface area contributed by atoms with Crippen molar-refractivity contribution in [3.8, 4) is 23.5 Å². The molecule has 3 nitrogen and oxygen atoms in total. The standard InChI is InChI=1S/C20H20N2OS/c1-5-7-17-21-19-18(20(23)22(17)10-6-2)16(12-24-19)15-9-8-13(3)11-14(15)4/h2,8-9,11-12H,5,7,10H2,1,3-4H3. The highest BCUT2D eigenvalue weighted by molar-refractivity contribution is 7.17. The first-order valence-corrected chi connectivity index (χ1v) is 8.96. The molecule has 0 aliphatic heterocycles. The lowest BCUT2D eigenvalue weighted by Gasteiger charge is -2.10. The zero-order valence-corrected chi connectivity index (χ0v) is 15.0. The van der Waals surface area contributed by atoms with Gasteiger partial charge in [0.05, 0.1) is 11.9 Å². The summed E-state index contributed by atoms with van der Waals surface area (Å²) in [5.74, 6) is 3.36. The van der Waals surface area contributed by atoms with Gasteiger partial charge in [-0.3, -0.25) is 9.36 Å². The number of aromatic nitrogens is 2. The molecule has 1 aromatic carbocycles. The second kappa shape index (κ2) is 6.62. The SMILES string of the molecule is C#CCn1c(CCC)nc2scc(-c3ccc(C)cc3C)c2c1=O. The van der Waals surface area contributed by atoms with Crippen LogP contribution in [0, 0.1) is 26.2 Å². The fourth-order valence-electron chi connectivity index (χ4n) is 3.05. The van der Waals surface area contributed by atoms with Gasteiger partial charge in [0.25, 0.3) is 5.56 Å². The van der Waals surface area contributed by atoms with Gasteiger partial charge in [0.2, 0.25) is 0 Å². The van der Waals surface area contributed by atoms with Crippen molar-refractivity contribution in [3.63, 3.8) is 0 Å². The van der Waals surface area contributed by atoms with Gasteiger partial charge in [-0.05, 0) is 31.4 Å². The van der Waals surface area contributed by atoms with Crippen LogP contribution < -0.4 is 5.56 Å². The summed E-state index contributed by atoms with van der Waals surface area (Å²) in [6.07, 6.45) is 7.15. The molecule has 0 N–H and O–H groups in total. The first-order chi connectivity index (χ1) is 11.6. The number of terminal acetylenes is 1. The molecule has 3 rings (SSSR count). The van der Waals surface area contributed by atoms with E-state index in [2.05, 4.69) is 44.9 Å². The van der Waals surface area contributed by atoms with Gasteiger partial charge in [-0.15, -0.1) is 17.8 Å². The Kier molecular flexibility index (Phi) is 4.55. The van der Waals surface area contributed by atoms with E-state index in [1.54, 1.807) is 4.57 Å². The number of hydrogen-bond acceptors (Lipinski definition) is 3. The molecule has 122 valence electrons. The Morgan fingerprint density at radius 2 is 2.08 bits per heavy atom. The lowest BCUT2D eigenvalue weighted by atomic mass is 9.99. The van der Waals surface area contributed by atoms with Crippen LogP contribution in [0.3, 0.4) is 0 Å². The number of nitrogens with zero attached hydrogens (tertiary/aromatic N) is 2. The van der Waals surface area contributed by atoms with E-state index < -0.39 is 0 Å². The summed E-state index contributed by atoms with van der Waals surface area (Å²) in [5, 5.41) is 2.72. The van der Waals surface area contributed by atoms with Gasteiger partial charge in [0.15, 0.2) is 0 Å². The predicted molar refractivity (Wildman–Crippen MR) is 102 cm³/mol. The number of fused-ring (bicyclic) bond motifs is 1. The zero-order chi connectivity index (χ0) is 17.3. The number of rotatable bonds is 4. The number of thiophene rings is 1. The van der Waals surface area contributed by atoms with E-state index in [0.717, 1.165) is 40.2 Å². The molecular weight excluding hydrogens is 316 g/mol. The fourth-order valence-corrected chi connectivity index (χ4v) is 4.00. The van der Waals surface area contributed by atoms with Crippen molar-refractivity contribution < 1.29 is 0 Å². The summed E-state index contributed by atoms with van der Waals surface area (Å²) >= 11 is 1.53. The van der Waals surface area contributed by atoms with Gasteiger partial charge < -0.3 is 0 Å². The third-order valence-corrected chi connectivity index (χ3v) is 5.04. The van der Waals surface area contributed by atoms with Gasteiger partial charge in [-0.1, -0.05) is 36.6 Å². The number of benzene rings is 1. The van der Waals surface area contributed by atoms with Crippen molar-refractivity contribution in [3.05, 3.63) is 50.9 Å². The van der Waals surface area contributed by atoms with Crippen LogP contribution in [0.15, 0.2) is 28.4 Å². The minimum Gasteiger partial charge on any atom is -0.284 e. The molecule has 2 heterocycles. The van der Waals surface area contributed by atoms with E-state index in [1.165, 1.54) is 16.9 Å². The lowest BCUT2D eigenvalue weighted by molar-refractivity contribution is 0.686. The van der Waals surface area contributed by atoms with E-state index in [9.17, 15) is 4.79 Å². The Bertz CT molecular complexity index is 1000. The van der Waals surface area contributed by atoms with Crippen LogP contribution in [0.2, 0.25) is 0 Å². The molecule has 24 heavy (non-hydrogen) atoms. The summed E-state index contributed by atoms with van der Waals surface area (Å²) in [6, 6.07) is 6.29. The Morgan fingerprint density at radius 3 is 2.75 bits per heavy atom. The van der Waals surface area contributed by atoms with Crippen molar-refractivity contribution in [2.45, 2.75) is 40.2 Å². The highest BCUT2D eigenvalue weighted by Gasteiger charge is 2.17. The van der Waals surface area contributed by atoms with Crippen LogP contribution in [0.25, 0.3) is 21.3 Å². The molecule has 3 aromatic rings. The average Bonchev–Trinajstić information content (AvgIpc) is 2.95. The van der Waals surface area contributed by atoms with Crippen LogP contribution in [-0.2, 0) is 13.0 Å². The maximum Gasteiger partial charge on any atom is 0.263 e. The Morgan fingerprint density at radius 1 is 1.29 bits per heavy atom. The van der Waals surface area contributed by atoms with Crippen LogP contribution in [0.5, 0.6) is 0 Å². The quantitative estimate of drug-likeness (QED) is 0.665. The van der Waals surface area contributed by atoms with E-state index in [0.29, 0.717) is 5.39 Å². The van der Waals surface area contributed by atoms with Crippen LogP contribution >= 0.6 is 11.3 Å². The van der Waals surface area contributed by atoms with Crippen LogP contribution in [0.4, 0.5) is 0 Å². The molecule has 0 amide bonds. The van der Waals surface area contributed by atoms with E-state index in [1.807, 2.05) is 5.38 Å². The van der Waals surface area contributed by atoms with Crippen molar-refractivity contribution in [2.75, 3.05) is 0 Å². The summed E-state index contributed by atoms with van der Waals surface area (Å²) < 4.78 is 1.64. The molecule has 0 unspecified atom stereocenters. The van der Waals surface area contributed by atoms with Crippen molar-refractivity contribution in [2.24, 2.45) is 0 Å². The van der Waals surface area contributed by atoms with Crippen molar-refractivity contribution in [1.82, 2.24) is 9.55 Å². The Balaban J connectivity index is 2.31. The van der Waals surface area contributed by atoms with Gasteiger partial charge in [0, 0.05) is 17.4 Å². The maximum atomic E-state index is 13.1. The number of hydrogen-bond donors (Lipinski definition) is 0. The van der Waals surface area contributed by atoms with Gasteiger partial charge >= 0.3 is 0 Å². The van der Waals surface area contributed by atoms with E-state index in [-0.39, 0.29) is 12.1 Å². The third-order valence-electron chi connectivity index (χ3n) is 4.17. The van der Waals surface area contributed by atoms with Gasteiger partial charge in [-0.2, -0.15) is 0 Å². The van der Waals surface area contributed by atoms with E-state index >= 15 is 0 Å². The molecule has 4 heteroatoms. The molecule has 0 aliphatic rings. The topological polar surface area (TPSA) is 34.9 Å². The first kappa shape index (κ1) is 16.5. The summed E-state index contributed by atoms with van der Waals surface area (Å²) in [4.78, 5) is 18.6. The monoisotopic (exact) mass is 336 g/mol. The minimum absolute atomic E-state index is 0.0300. The maximum absolute atomic E-state index is 13.1. The Labute approximate surface area is 146 Å². The van der Waals surface area contributed by atoms with Gasteiger partial charge in [-0.25, -0.2) is 4.98 Å². The van der Waals surface area contributed by atoms with Gasteiger partial charge in [0.1, 0.15) is 10.7 Å². The summed E-state index contributed by atoms with van der Waals surface area (Å²) in [7, 11) is 0. The predicted octanol–water partition coefficient (Wildman–Crippen LogP) is 4.33. The first-order valence-electron chi connectivity index (χ1n) is 8.08. The lowest BCUT2D eigenvalue weighted by Crippen LogP contribution is -2.24. The molecule has 0 aliphatic carbocycles. The zero-order valence-electron chi connectivity index (χ0n) is 14.2. The second-order valence-electron chi connectivity index (χ2n) is 6.02. The summed E-state index contributed by atoms with van der Waals surface area (Å²) in [5.41, 5.74) is 4.39. The third kappa shape index (κ3) is 2.76. The smallest absolute Gasteiger partial charge is 0.263 e. The molecule has 0 radical (unpaired) electrons. The molecule has 0 saturated carbocycles. The highest BCUT2D eigenvalue weighted by atomic mass is 32.1.